The van der Waals surface area contributed by atoms with Gasteiger partial charge in [0.05, 0.1) is 6.54 Å². The summed E-state index contributed by atoms with van der Waals surface area (Å²) in [4.78, 5) is 31.1. The zero-order chi connectivity index (χ0) is 20.7. The van der Waals surface area contributed by atoms with Crippen molar-refractivity contribution in [3.8, 4) is 0 Å². The number of carbonyl (C=O) groups excluding carboxylic acids is 2. The van der Waals surface area contributed by atoms with Crippen LogP contribution in [0.15, 0.2) is 41.0 Å². The van der Waals surface area contributed by atoms with E-state index in [1.165, 1.54) is 6.26 Å². The molecule has 7 heteroatoms. The monoisotopic (exact) mass is 405 g/mol. The summed E-state index contributed by atoms with van der Waals surface area (Å²) in [5, 5.41) is 2.05. The van der Waals surface area contributed by atoms with Gasteiger partial charge in [0.1, 0.15) is 11.6 Å². The zero-order valence-corrected chi connectivity index (χ0v) is 17.6. The van der Waals surface area contributed by atoms with Crippen molar-refractivity contribution in [2.75, 3.05) is 0 Å². The number of hydrogen-bond donors (Lipinski definition) is 1. The summed E-state index contributed by atoms with van der Waals surface area (Å²) in [6, 6.07) is 9.22. The van der Waals surface area contributed by atoms with Crippen LogP contribution in [-0.4, -0.2) is 33.8 Å². The summed E-state index contributed by atoms with van der Waals surface area (Å²) in [6.07, 6.45) is 2.90. The van der Waals surface area contributed by atoms with Crippen molar-refractivity contribution in [2.45, 2.75) is 64.5 Å². The molecule has 0 spiro atoms. The summed E-state index contributed by atoms with van der Waals surface area (Å²) >= 11 is 6.44. The van der Waals surface area contributed by atoms with Crippen molar-refractivity contribution in [3.63, 3.8) is 0 Å². The van der Waals surface area contributed by atoms with Gasteiger partial charge in [0.25, 0.3) is 5.91 Å². The minimum absolute atomic E-state index is 0.0497. The summed E-state index contributed by atoms with van der Waals surface area (Å²) < 4.78 is 5.45. The van der Waals surface area contributed by atoms with E-state index in [1.54, 1.807) is 4.90 Å². The second-order valence-corrected chi connectivity index (χ2v) is 7.34. The molecule has 2 aromatic rings. The first-order valence-corrected chi connectivity index (χ1v) is 10.1. The van der Waals surface area contributed by atoms with E-state index in [4.69, 9.17) is 16.0 Å². The molecule has 0 aliphatic carbocycles. The number of halogens is 1. The third kappa shape index (κ3) is 5.58. The van der Waals surface area contributed by atoms with Crippen molar-refractivity contribution in [1.29, 1.82) is 0 Å². The van der Waals surface area contributed by atoms with Gasteiger partial charge in [-0.3, -0.25) is 9.59 Å². The number of amides is 2. The number of benzene rings is 1. The van der Waals surface area contributed by atoms with Gasteiger partial charge in [-0.15, -0.1) is 11.6 Å². The number of aromatic nitrogens is 1. The van der Waals surface area contributed by atoms with E-state index in [2.05, 4.69) is 10.3 Å². The molecule has 2 rings (SSSR count). The highest BCUT2D eigenvalue weighted by Gasteiger charge is 2.28. The highest BCUT2D eigenvalue weighted by Crippen LogP contribution is 2.25. The number of hydrogen-bond acceptors (Lipinski definition) is 4. The maximum Gasteiger partial charge on any atom is 0.273 e. The standard InChI is InChI=1S/C21H28ClN3O3/c1-5-14(3)23-20(26)17-13-28-18(24-17)12-25(15(4)6-2)21(27)19(22)16-10-8-7-9-11-16/h7-11,13-15,19H,5-6,12H2,1-4H3,(H,23,26)/t14-,15+,19-/m1/s1. The largest absolute Gasteiger partial charge is 0.446 e. The third-order valence-electron chi connectivity index (χ3n) is 4.79. The predicted octanol–water partition coefficient (Wildman–Crippen LogP) is 4.31. The molecule has 1 heterocycles. The molecule has 0 saturated carbocycles. The average molecular weight is 406 g/mol. The molecule has 0 aliphatic rings. The maximum atomic E-state index is 13.0. The molecule has 1 aromatic carbocycles. The highest BCUT2D eigenvalue weighted by molar-refractivity contribution is 6.30. The minimum Gasteiger partial charge on any atom is -0.446 e. The van der Waals surface area contributed by atoms with Crippen molar-refractivity contribution in [3.05, 3.63) is 53.7 Å². The molecular formula is C21H28ClN3O3. The Morgan fingerprint density at radius 2 is 1.86 bits per heavy atom. The third-order valence-corrected chi connectivity index (χ3v) is 5.23. The highest BCUT2D eigenvalue weighted by atomic mass is 35.5. The van der Waals surface area contributed by atoms with Crippen LogP contribution in [0.2, 0.25) is 0 Å². The average Bonchev–Trinajstić information content (AvgIpc) is 3.19. The molecule has 0 aliphatic heterocycles. The Kier molecular flexibility index (Phi) is 8.05. The molecule has 152 valence electrons. The van der Waals surface area contributed by atoms with Gasteiger partial charge in [0, 0.05) is 12.1 Å². The number of alkyl halides is 1. The second-order valence-electron chi connectivity index (χ2n) is 6.91. The molecule has 6 nitrogen and oxygen atoms in total. The molecule has 0 unspecified atom stereocenters. The Balaban J connectivity index is 2.14. The normalized spacial score (nSPS) is 14.2. The van der Waals surface area contributed by atoms with Crippen LogP contribution in [0, 0.1) is 0 Å². The maximum absolute atomic E-state index is 13.0. The zero-order valence-electron chi connectivity index (χ0n) is 16.8. The summed E-state index contributed by atoms with van der Waals surface area (Å²) in [6.45, 7) is 8.01. The van der Waals surface area contributed by atoms with E-state index in [-0.39, 0.29) is 36.1 Å². The predicted molar refractivity (Wildman–Crippen MR) is 109 cm³/mol. The minimum atomic E-state index is -0.793. The number of nitrogens with zero attached hydrogens (tertiary/aromatic N) is 2. The Bertz CT molecular complexity index is 778. The Morgan fingerprint density at radius 1 is 1.18 bits per heavy atom. The molecule has 0 radical (unpaired) electrons. The topological polar surface area (TPSA) is 75.4 Å². The van der Waals surface area contributed by atoms with E-state index in [9.17, 15) is 9.59 Å². The molecular weight excluding hydrogens is 378 g/mol. The van der Waals surface area contributed by atoms with Crippen molar-refractivity contribution in [1.82, 2.24) is 15.2 Å². The van der Waals surface area contributed by atoms with Crippen LogP contribution in [0.3, 0.4) is 0 Å². The Labute approximate surface area is 171 Å². The van der Waals surface area contributed by atoms with Crippen LogP contribution in [0.1, 0.15) is 67.9 Å². The van der Waals surface area contributed by atoms with Crippen LogP contribution in [0.5, 0.6) is 0 Å². The van der Waals surface area contributed by atoms with Crippen LogP contribution in [0.25, 0.3) is 0 Å². The van der Waals surface area contributed by atoms with Gasteiger partial charge in [0.2, 0.25) is 11.8 Å². The van der Waals surface area contributed by atoms with E-state index in [1.807, 2.05) is 58.0 Å². The number of carbonyl (C=O) groups is 2. The lowest BCUT2D eigenvalue weighted by molar-refractivity contribution is -0.134. The Morgan fingerprint density at radius 3 is 2.46 bits per heavy atom. The number of oxazole rings is 1. The summed E-state index contributed by atoms with van der Waals surface area (Å²) in [7, 11) is 0. The SMILES string of the molecule is CC[C@@H](C)NC(=O)c1coc(CN(C(=O)[C@H](Cl)c2ccccc2)[C@@H](C)CC)n1. The van der Waals surface area contributed by atoms with E-state index in [0.29, 0.717) is 5.89 Å². The molecule has 3 atom stereocenters. The lowest BCUT2D eigenvalue weighted by atomic mass is 10.1. The van der Waals surface area contributed by atoms with Gasteiger partial charge in [0.15, 0.2) is 5.69 Å². The fourth-order valence-electron chi connectivity index (χ4n) is 2.61. The van der Waals surface area contributed by atoms with Crippen molar-refractivity contribution >= 4 is 23.4 Å². The lowest BCUT2D eigenvalue weighted by Gasteiger charge is -2.29. The van der Waals surface area contributed by atoms with Gasteiger partial charge >= 0.3 is 0 Å². The van der Waals surface area contributed by atoms with Crippen LogP contribution in [-0.2, 0) is 11.3 Å². The van der Waals surface area contributed by atoms with E-state index < -0.39 is 5.38 Å². The van der Waals surface area contributed by atoms with Gasteiger partial charge in [-0.25, -0.2) is 4.98 Å². The molecule has 1 aromatic heterocycles. The fraction of sp³-hybridized carbons (Fsp3) is 0.476. The van der Waals surface area contributed by atoms with E-state index in [0.717, 1.165) is 18.4 Å². The number of nitrogens with one attached hydrogen (secondary N) is 1. The molecule has 28 heavy (non-hydrogen) atoms. The smallest absolute Gasteiger partial charge is 0.273 e. The van der Waals surface area contributed by atoms with Gasteiger partial charge in [-0.1, -0.05) is 44.2 Å². The van der Waals surface area contributed by atoms with Gasteiger partial charge in [-0.2, -0.15) is 0 Å². The molecule has 2 amide bonds. The number of rotatable bonds is 9. The molecule has 0 bridgehead atoms. The second kappa shape index (κ2) is 10.3. The van der Waals surface area contributed by atoms with Crippen molar-refractivity contribution < 1.29 is 14.0 Å². The van der Waals surface area contributed by atoms with Crippen molar-refractivity contribution in [2.24, 2.45) is 0 Å². The summed E-state index contributed by atoms with van der Waals surface area (Å²) in [5.41, 5.74) is 0.945. The van der Waals surface area contributed by atoms with Gasteiger partial charge < -0.3 is 14.6 Å². The molecule has 0 fully saturated rings. The first kappa shape index (κ1) is 22.0. The summed E-state index contributed by atoms with van der Waals surface area (Å²) in [5.74, 6) is -0.198. The first-order valence-electron chi connectivity index (χ1n) is 9.62. The lowest BCUT2D eigenvalue weighted by Crippen LogP contribution is -2.39. The molecule has 0 saturated heterocycles. The van der Waals surface area contributed by atoms with Crippen LogP contribution in [0.4, 0.5) is 0 Å². The molecule has 1 N–H and O–H groups in total. The first-order chi connectivity index (χ1) is 13.4. The quantitative estimate of drug-likeness (QED) is 0.630. The van der Waals surface area contributed by atoms with Crippen LogP contribution < -0.4 is 5.32 Å². The Hall–Kier alpha value is -2.34. The van der Waals surface area contributed by atoms with Crippen LogP contribution >= 0.6 is 11.6 Å². The van der Waals surface area contributed by atoms with Gasteiger partial charge in [-0.05, 0) is 32.3 Å². The fourth-order valence-corrected chi connectivity index (χ4v) is 2.89. The van der Waals surface area contributed by atoms with E-state index >= 15 is 0 Å².